The topological polar surface area (TPSA) is 180 Å². The Morgan fingerprint density at radius 3 is 2.14 bits per heavy atom. The normalized spacial score (nSPS) is 15.8. The Bertz CT molecular complexity index is 950. The summed E-state index contributed by atoms with van der Waals surface area (Å²) in [6, 6.07) is 4.74. The maximum atomic E-state index is 11.5. The lowest BCUT2D eigenvalue weighted by Crippen LogP contribution is -2.27. The van der Waals surface area contributed by atoms with Gasteiger partial charge in [-0.25, -0.2) is 0 Å². The van der Waals surface area contributed by atoms with Crippen molar-refractivity contribution in [2.24, 2.45) is 15.3 Å². The fourth-order valence-corrected chi connectivity index (χ4v) is 2.78. The van der Waals surface area contributed by atoms with Crippen molar-refractivity contribution in [3.8, 4) is 0 Å². The van der Waals surface area contributed by atoms with E-state index in [4.69, 9.17) is 16.6 Å². The number of azide groups is 3. The van der Waals surface area contributed by atoms with Crippen LogP contribution >= 0.6 is 0 Å². The summed E-state index contributed by atoms with van der Waals surface area (Å²) in [4.78, 5) is 7.53. The lowest BCUT2D eigenvalue weighted by atomic mass is 9.89. The van der Waals surface area contributed by atoms with Crippen molar-refractivity contribution in [1.82, 2.24) is 0 Å². The predicted octanol–water partition coefficient (Wildman–Crippen LogP) is 3.07. The minimum Gasteiger partial charge on any atom is -0.184 e. The van der Waals surface area contributed by atoms with E-state index >= 15 is 0 Å². The molecular weight excluding hydrogens is 310 g/mol. The number of nitrogens with zero attached hydrogens (tertiary/aromatic N) is 9. The van der Waals surface area contributed by atoms with Crippen molar-refractivity contribution in [3.05, 3.63) is 72.4 Å². The van der Waals surface area contributed by atoms with Crippen LogP contribution in [0.1, 0.15) is 11.1 Å². The highest BCUT2D eigenvalue weighted by atomic mass is 32.2. The highest BCUT2D eigenvalue weighted by Gasteiger charge is 2.32. The summed E-state index contributed by atoms with van der Waals surface area (Å²) in [6.45, 7) is 0. The molecule has 2 rings (SSSR count). The molecule has 108 valence electrons. The van der Waals surface area contributed by atoms with Gasteiger partial charge in [0.25, 0.3) is 0 Å². The van der Waals surface area contributed by atoms with Gasteiger partial charge in [0.05, 0.1) is 10.6 Å². The van der Waals surface area contributed by atoms with Crippen molar-refractivity contribution in [2.45, 2.75) is 6.04 Å². The van der Waals surface area contributed by atoms with Crippen molar-refractivity contribution in [3.63, 3.8) is 0 Å². The fourth-order valence-electron chi connectivity index (χ4n) is 2.08. The number of fused-ring (bicyclic) bond motifs is 1. The molecular formula is C10H5N9O2S. The summed E-state index contributed by atoms with van der Waals surface area (Å²) < 4.78 is 23.1. The van der Waals surface area contributed by atoms with E-state index in [1.54, 1.807) is 12.1 Å². The second kappa shape index (κ2) is 6.35. The fraction of sp³-hybridized carbons (Fsp3) is 0.100. The molecule has 0 amide bonds. The first-order valence-electron chi connectivity index (χ1n) is 5.60. The maximum Gasteiger partial charge on any atom is 0.218 e. The number of hydrogen-bond acceptors (Lipinski definition) is 5. The molecule has 0 aliphatic heterocycles. The molecule has 1 aromatic carbocycles. The Hall–Kier alpha value is -3.42. The zero-order valence-electron chi connectivity index (χ0n) is 10.6. The van der Waals surface area contributed by atoms with Crippen LogP contribution < -0.4 is 0 Å². The van der Waals surface area contributed by atoms with Gasteiger partial charge in [0, 0.05) is 26.0 Å². The molecule has 0 saturated heterocycles. The van der Waals surface area contributed by atoms with Crippen molar-refractivity contribution in [1.29, 1.82) is 0 Å². The van der Waals surface area contributed by atoms with Crippen LogP contribution in [0.4, 0.5) is 0 Å². The number of hydrogen-bond donors (Lipinski definition) is 0. The minimum absolute atomic E-state index is 0.0810. The molecule has 22 heavy (non-hydrogen) atoms. The summed E-state index contributed by atoms with van der Waals surface area (Å²) in [5.41, 5.74) is 26.1. The van der Waals surface area contributed by atoms with Gasteiger partial charge in [-0.15, -0.1) is 0 Å². The van der Waals surface area contributed by atoms with Crippen LogP contribution in [-0.2, 0) is 10.3 Å². The molecule has 1 aliphatic rings. The molecule has 0 bridgehead atoms. The quantitative estimate of drug-likeness (QED) is 0.360. The second-order valence-electron chi connectivity index (χ2n) is 3.86. The van der Waals surface area contributed by atoms with Gasteiger partial charge in [-0.1, -0.05) is 39.6 Å². The molecule has 0 spiro atoms. The van der Waals surface area contributed by atoms with E-state index in [0.29, 0.717) is 0 Å². The van der Waals surface area contributed by atoms with Crippen molar-refractivity contribution in [2.75, 3.05) is 0 Å². The van der Waals surface area contributed by atoms with Gasteiger partial charge in [0.15, 0.2) is 0 Å². The van der Waals surface area contributed by atoms with E-state index in [0.717, 1.165) is 0 Å². The summed E-state index contributed by atoms with van der Waals surface area (Å²) in [5, 5.41) is 10.2. The number of rotatable bonds is 3. The first kappa shape index (κ1) is 15.0. The average molecular weight is 315 g/mol. The molecule has 1 atom stereocenters. The van der Waals surface area contributed by atoms with Gasteiger partial charge in [0.1, 0.15) is 6.04 Å². The molecule has 0 aromatic heterocycles. The van der Waals surface area contributed by atoms with Crippen LogP contribution in [0, 0.1) is 0 Å². The first-order valence-corrected chi connectivity index (χ1v) is 6.67. The summed E-state index contributed by atoms with van der Waals surface area (Å²) >= 11 is 0. The Morgan fingerprint density at radius 2 is 1.59 bits per heavy atom. The molecule has 0 heterocycles. The Morgan fingerprint density at radius 1 is 0.955 bits per heavy atom. The van der Waals surface area contributed by atoms with Crippen LogP contribution in [0.5, 0.6) is 0 Å². The minimum atomic E-state index is -2.74. The molecule has 1 unspecified atom stereocenters. The van der Waals surface area contributed by atoms with Gasteiger partial charge in [-0.3, -0.25) is 0 Å². The molecule has 1 aliphatic carbocycles. The third kappa shape index (κ3) is 2.44. The molecule has 0 fully saturated rings. The van der Waals surface area contributed by atoms with Gasteiger partial charge in [0.2, 0.25) is 10.3 Å². The molecule has 0 saturated carbocycles. The van der Waals surface area contributed by atoms with E-state index in [-0.39, 0.29) is 27.4 Å². The molecule has 11 nitrogen and oxygen atoms in total. The maximum absolute atomic E-state index is 11.5. The lowest BCUT2D eigenvalue weighted by Gasteiger charge is -2.23. The standard InChI is InChI=1S/C10H5N9O2S/c11-17-14-7-5-3-1-2-4-6(5)10(22(20)21)9(16-19-13)8(7)15-18-12/h1-4,9H. The zero-order valence-corrected chi connectivity index (χ0v) is 11.5. The Balaban J connectivity index is 3.06. The highest BCUT2D eigenvalue weighted by molar-refractivity contribution is 7.73. The Kier molecular flexibility index (Phi) is 4.33. The highest BCUT2D eigenvalue weighted by Crippen LogP contribution is 2.35. The average Bonchev–Trinajstić information content (AvgIpc) is 2.50. The molecule has 1 aromatic rings. The van der Waals surface area contributed by atoms with Crippen LogP contribution in [0.3, 0.4) is 0 Å². The van der Waals surface area contributed by atoms with Gasteiger partial charge >= 0.3 is 0 Å². The summed E-state index contributed by atoms with van der Waals surface area (Å²) in [6.07, 6.45) is 0. The molecule has 0 N–H and O–H groups in total. The monoisotopic (exact) mass is 315 g/mol. The van der Waals surface area contributed by atoms with Crippen molar-refractivity contribution < 1.29 is 8.42 Å². The van der Waals surface area contributed by atoms with Crippen LogP contribution in [0.25, 0.3) is 37.0 Å². The van der Waals surface area contributed by atoms with E-state index in [1.807, 2.05) is 0 Å². The van der Waals surface area contributed by atoms with Crippen molar-refractivity contribution >= 4 is 20.9 Å². The SMILES string of the molecule is [N-]=[N+]=NC1=C(N=[N+]=[N-])C(N=[N+]=[N-])C(=S(=O)=O)c2ccccc21. The van der Waals surface area contributed by atoms with E-state index in [9.17, 15) is 8.42 Å². The van der Waals surface area contributed by atoms with E-state index in [1.165, 1.54) is 12.1 Å². The zero-order chi connectivity index (χ0) is 16.1. The molecule has 12 heteroatoms. The first-order chi connectivity index (χ1) is 10.7. The third-order valence-corrected chi connectivity index (χ3v) is 3.64. The smallest absolute Gasteiger partial charge is 0.184 e. The third-order valence-electron chi connectivity index (χ3n) is 2.84. The number of benzene rings is 1. The van der Waals surface area contributed by atoms with Gasteiger partial charge in [-0.2, -0.15) is 8.42 Å². The summed E-state index contributed by atoms with van der Waals surface area (Å²) in [5.74, 6) is 0. The Labute approximate surface area is 123 Å². The van der Waals surface area contributed by atoms with Gasteiger partial charge < -0.3 is 0 Å². The predicted molar refractivity (Wildman–Crippen MR) is 77.6 cm³/mol. The lowest BCUT2D eigenvalue weighted by molar-refractivity contribution is 0.626. The second-order valence-corrected chi connectivity index (χ2v) is 4.77. The van der Waals surface area contributed by atoms with E-state index in [2.05, 4.69) is 30.1 Å². The molecule has 0 radical (unpaired) electrons. The van der Waals surface area contributed by atoms with Crippen LogP contribution in [-0.4, -0.2) is 19.3 Å². The summed E-state index contributed by atoms with van der Waals surface area (Å²) in [7, 11) is -2.74. The van der Waals surface area contributed by atoms with Crippen LogP contribution in [0.2, 0.25) is 0 Å². The van der Waals surface area contributed by atoms with E-state index < -0.39 is 16.3 Å². The van der Waals surface area contributed by atoms with Crippen LogP contribution in [0.15, 0.2) is 45.3 Å². The van der Waals surface area contributed by atoms with Gasteiger partial charge in [-0.05, 0) is 22.2 Å². The largest absolute Gasteiger partial charge is 0.218 e.